The Morgan fingerprint density at radius 1 is 0.931 bits per heavy atom. The maximum Gasteiger partial charge on any atom is 0.279 e. The number of carbonyl (C=O) groups excluding carboxylic acids is 2. The van der Waals surface area contributed by atoms with Gasteiger partial charge in [-0.25, -0.2) is 0 Å². The molecule has 3 N–H and O–H groups in total. The van der Waals surface area contributed by atoms with E-state index in [9.17, 15) is 9.59 Å². The molecule has 3 aromatic carbocycles. The van der Waals surface area contributed by atoms with E-state index in [0.29, 0.717) is 11.3 Å². The number of carbonyl (C=O) groups is 2. The number of nitrogens with one attached hydrogen (secondary N) is 3. The van der Waals surface area contributed by atoms with Crippen LogP contribution >= 0.6 is 12.2 Å². The van der Waals surface area contributed by atoms with Crippen molar-refractivity contribution in [2.45, 2.75) is 20.0 Å². The smallest absolute Gasteiger partial charge is 0.279 e. The summed E-state index contributed by atoms with van der Waals surface area (Å²) in [6, 6.07) is 20.6. The lowest BCUT2D eigenvalue weighted by Crippen LogP contribution is -2.51. The minimum absolute atomic E-state index is 0.0113. The lowest BCUT2D eigenvalue weighted by Gasteiger charge is -2.16. The molecule has 0 aliphatic heterocycles. The Morgan fingerprint density at radius 3 is 2.45 bits per heavy atom. The molecule has 0 saturated heterocycles. The molecule has 0 saturated carbocycles. The third-order valence-electron chi connectivity index (χ3n) is 4.21. The van der Waals surface area contributed by atoms with Crippen LogP contribution in [0, 0.1) is 6.92 Å². The number of hydrogen-bond donors (Lipinski definition) is 3. The highest BCUT2D eigenvalue weighted by Crippen LogP contribution is 2.21. The zero-order valence-electron chi connectivity index (χ0n) is 16.1. The van der Waals surface area contributed by atoms with Gasteiger partial charge in [-0.1, -0.05) is 48.0 Å². The van der Waals surface area contributed by atoms with Crippen LogP contribution < -0.4 is 20.9 Å². The molecule has 0 aliphatic rings. The first-order valence-corrected chi connectivity index (χ1v) is 9.46. The van der Waals surface area contributed by atoms with E-state index in [1.54, 1.807) is 25.1 Å². The van der Waals surface area contributed by atoms with Crippen molar-refractivity contribution < 1.29 is 14.3 Å². The third-order valence-corrected chi connectivity index (χ3v) is 4.41. The summed E-state index contributed by atoms with van der Waals surface area (Å²) in [6.07, 6.45) is -0.765. The number of hydrazine groups is 1. The number of hydrogen-bond acceptors (Lipinski definition) is 4. The molecule has 0 bridgehead atoms. The van der Waals surface area contributed by atoms with Crippen molar-refractivity contribution in [3.8, 4) is 5.75 Å². The molecular formula is C22H21N3O3S. The fourth-order valence-corrected chi connectivity index (χ4v) is 2.85. The maximum absolute atomic E-state index is 12.2. The summed E-state index contributed by atoms with van der Waals surface area (Å²) < 4.78 is 5.70. The fraction of sp³-hybridized carbons (Fsp3) is 0.136. The van der Waals surface area contributed by atoms with Crippen LogP contribution in [0.5, 0.6) is 5.75 Å². The van der Waals surface area contributed by atoms with Crippen LogP contribution in [0.2, 0.25) is 0 Å². The first-order valence-electron chi connectivity index (χ1n) is 9.05. The van der Waals surface area contributed by atoms with Gasteiger partial charge in [0.1, 0.15) is 5.75 Å². The van der Waals surface area contributed by atoms with Gasteiger partial charge in [0.15, 0.2) is 11.2 Å². The number of fused-ring (bicyclic) bond motifs is 1. The van der Waals surface area contributed by atoms with Crippen molar-refractivity contribution in [3.05, 3.63) is 77.9 Å². The van der Waals surface area contributed by atoms with Gasteiger partial charge < -0.3 is 4.74 Å². The Morgan fingerprint density at radius 2 is 1.69 bits per heavy atom. The Balaban J connectivity index is 1.50. The Labute approximate surface area is 174 Å². The molecule has 7 heteroatoms. The number of thiocarbonyl (C=S) groups is 1. The largest absolute Gasteiger partial charge is 0.481 e. The number of rotatable bonds is 4. The van der Waals surface area contributed by atoms with Gasteiger partial charge in [0.05, 0.1) is 0 Å². The molecule has 29 heavy (non-hydrogen) atoms. The van der Waals surface area contributed by atoms with E-state index in [2.05, 4.69) is 16.2 Å². The molecule has 0 aromatic heterocycles. The number of ether oxygens (including phenoxy) is 1. The van der Waals surface area contributed by atoms with Crippen molar-refractivity contribution in [2.24, 2.45) is 0 Å². The molecule has 148 valence electrons. The highest BCUT2D eigenvalue weighted by molar-refractivity contribution is 7.80. The van der Waals surface area contributed by atoms with Crippen molar-refractivity contribution in [2.75, 3.05) is 0 Å². The highest BCUT2D eigenvalue weighted by Gasteiger charge is 2.15. The summed E-state index contributed by atoms with van der Waals surface area (Å²) in [5.74, 6) is -0.201. The summed E-state index contributed by atoms with van der Waals surface area (Å²) in [5, 5.41) is 4.62. The summed E-state index contributed by atoms with van der Waals surface area (Å²) in [6.45, 7) is 3.52. The quantitative estimate of drug-likeness (QED) is 0.457. The van der Waals surface area contributed by atoms with Gasteiger partial charge in [-0.3, -0.25) is 25.8 Å². The predicted octanol–water partition coefficient (Wildman–Crippen LogP) is 3.25. The van der Waals surface area contributed by atoms with Crippen LogP contribution in [-0.4, -0.2) is 23.0 Å². The molecular weight excluding hydrogens is 386 g/mol. The van der Waals surface area contributed by atoms with E-state index < -0.39 is 12.0 Å². The Bertz CT molecular complexity index is 1070. The van der Waals surface area contributed by atoms with Gasteiger partial charge >= 0.3 is 0 Å². The molecule has 6 nitrogen and oxygen atoms in total. The third kappa shape index (κ3) is 5.52. The normalized spacial score (nSPS) is 11.4. The van der Waals surface area contributed by atoms with E-state index in [0.717, 1.165) is 16.3 Å². The molecule has 3 rings (SSSR count). The maximum atomic E-state index is 12.2. The second-order valence-electron chi connectivity index (χ2n) is 6.54. The van der Waals surface area contributed by atoms with Crippen LogP contribution in [0.15, 0.2) is 66.7 Å². The van der Waals surface area contributed by atoms with Gasteiger partial charge in [0.2, 0.25) is 0 Å². The summed E-state index contributed by atoms with van der Waals surface area (Å²) in [4.78, 5) is 24.4. The lowest BCUT2D eigenvalue weighted by atomic mass is 10.1. The zero-order valence-corrected chi connectivity index (χ0v) is 16.9. The van der Waals surface area contributed by atoms with Crippen molar-refractivity contribution in [1.29, 1.82) is 0 Å². The number of amides is 2. The standard InChI is InChI=1S/C22H21N3O3S/c1-14-6-5-9-18(12-14)21(27)23-22(29)25-24-20(26)15(2)28-19-11-10-16-7-3-4-8-17(16)13-19/h3-13,15H,1-2H3,(H,24,26)(H2,23,25,27,29). The molecule has 3 aromatic rings. The van der Waals surface area contributed by atoms with E-state index in [4.69, 9.17) is 17.0 Å². The van der Waals surface area contributed by atoms with E-state index in [-0.39, 0.29) is 11.0 Å². The summed E-state index contributed by atoms with van der Waals surface area (Å²) >= 11 is 5.05. The summed E-state index contributed by atoms with van der Waals surface area (Å²) in [7, 11) is 0. The molecule has 0 radical (unpaired) electrons. The molecule has 0 heterocycles. The van der Waals surface area contributed by atoms with Gasteiger partial charge in [0.25, 0.3) is 11.8 Å². The lowest BCUT2D eigenvalue weighted by molar-refractivity contribution is -0.127. The predicted molar refractivity (Wildman–Crippen MR) is 117 cm³/mol. The van der Waals surface area contributed by atoms with Gasteiger partial charge in [0, 0.05) is 5.56 Å². The molecule has 1 atom stereocenters. The molecule has 0 fully saturated rings. The van der Waals surface area contributed by atoms with Crippen molar-refractivity contribution >= 4 is 39.9 Å². The first-order chi connectivity index (χ1) is 13.9. The highest BCUT2D eigenvalue weighted by atomic mass is 32.1. The monoisotopic (exact) mass is 407 g/mol. The van der Waals surface area contributed by atoms with Gasteiger partial charge in [-0.2, -0.15) is 0 Å². The molecule has 1 unspecified atom stereocenters. The average Bonchev–Trinajstić information content (AvgIpc) is 2.71. The van der Waals surface area contributed by atoms with Crippen molar-refractivity contribution in [3.63, 3.8) is 0 Å². The molecule has 0 spiro atoms. The summed E-state index contributed by atoms with van der Waals surface area (Å²) in [5.41, 5.74) is 6.39. The average molecular weight is 407 g/mol. The van der Waals surface area contributed by atoms with E-state index in [1.165, 1.54) is 0 Å². The van der Waals surface area contributed by atoms with Crippen LogP contribution in [0.1, 0.15) is 22.8 Å². The fourth-order valence-electron chi connectivity index (χ4n) is 2.71. The van der Waals surface area contributed by atoms with Crippen LogP contribution in [0.3, 0.4) is 0 Å². The SMILES string of the molecule is Cc1cccc(C(=O)NC(=S)NNC(=O)C(C)Oc2ccc3ccccc3c2)c1. The first kappa shape index (κ1) is 20.3. The van der Waals surface area contributed by atoms with E-state index in [1.807, 2.05) is 55.5 Å². The minimum atomic E-state index is -0.765. The Hall–Kier alpha value is -3.45. The van der Waals surface area contributed by atoms with E-state index >= 15 is 0 Å². The van der Waals surface area contributed by atoms with Crippen LogP contribution in [0.4, 0.5) is 0 Å². The second kappa shape index (κ2) is 9.16. The van der Waals surface area contributed by atoms with Crippen LogP contribution in [0.25, 0.3) is 10.8 Å². The topological polar surface area (TPSA) is 79.5 Å². The number of benzene rings is 3. The zero-order chi connectivity index (χ0) is 20.8. The van der Waals surface area contributed by atoms with Gasteiger partial charge in [-0.05, 0) is 61.1 Å². The molecule has 0 aliphatic carbocycles. The number of aryl methyl sites for hydroxylation is 1. The minimum Gasteiger partial charge on any atom is -0.481 e. The van der Waals surface area contributed by atoms with Crippen LogP contribution in [-0.2, 0) is 4.79 Å². The second-order valence-corrected chi connectivity index (χ2v) is 6.94. The van der Waals surface area contributed by atoms with Crippen molar-refractivity contribution in [1.82, 2.24) is 16.2 Å². The molecule has 2 amide bonds. The van der Waals surface area contributed by atoms with Gasteiger partial charge in [-0.15, -0.1) is 0 Å². The Kier molecular flexibility index (Phi) is 6.41.